The Morgan fingerprint density at radius 1 is 1.03 bits per heavy atom. The van der Waals surface area contributed by atoms with Crippen LogP contribution >= 0.6 is 0 Å². The van der Waals surface area contributed by atoms with E-state index in [-0.39, 0.29) is 39.6 Å². The van der Waals surface area contributed by atoms with Gasteiger partial charge in [0.1, 0.15) is 5.78 Å². The van der Waals surface area contributed by atoms with Crippen molar-refractivity contribution in [1.82, 2.24) is 0 Å². The molecule has 3 nitrogen and oxygen atoms in total. The largest absolute Gasteiger partial charge is 0.504 e. The van der Waals surface area contributed by atoms with Crippen LogP contribution in [0.25, 0.3) is 0 Å². The quantitative estimate of drug-likeness (QED) is 0.453. The van der Waals surface area contributed by atoms with E-state index in [0.29, 0.717) is 23.5 Å². The van der Waals surface area contributed by atoms with Crippen LogP contribution in [0.5, 0.6) is 0 Å². The molecule has 1 N–H and O–H groups in total. The molecule has 3 fully saturated rings. The van der Waals surface area contributed by atoms with Gasteiger partial charge in [-0.05, 0) is 74.2 Å². The Kier molecular flexibility index (Phi) is 4.27. The number of carbonyl (C=O) groups is 2. The van der Waals surface area contributed by atoms with Crippen molar-refractivity contribution in [2.45, 2.75) is 86.5 Å². The maximum absolute atomic E-state index is 13.5. The van der Waals surface area contributed by atoms with Crippen molar-refractivity contribution in [1.29, 1.82) is 0 Å². The monoisotopic (exact) mass is 422 g/mol. The number of rotatable bonds is 0. The zero-order valence-electron chi connectivity index (χ0n) is 20.1. The van der Waals surface area contributed by atoms with Gasteiger partial charge in [0.2, 0.25) is 5.78 Å². The summed E-state index contributed by atoms with van der Waals surface area (Å²) in [6.45, 7) is 13.6. The van der Waals surface area contributed by atoms with Crippen LogP contribution in [0.4, 0.5) is 0 Å². The molecule has 0 bridgehead atoms. The summed E-state index contributed by atoms with van der Waals surface area (Å²) >= 11 is 0. The normalized spacial score (nSPS) is 46.3. The van der Waals surface area contributed by atoms with Gasteiger partial charge in [-0.2, -0.15) is 0 Å². The molecular weight excluding hydrogens is 384 g/mol. The van der Waals surface area contributed by atoms with Crippen LogP contribution < -0.4 is 0 Å². The fourth-order valence-electron chi connectivity index (χ4n) is 8.77. The van der Waals surface area contributed by atoms with E-state index in [9.17, 15) is 14.7 Å². The predicted molar refractivity (Wildman–Crippen MR) is 122 cm³/mol. The first kappa shape index (κ1) is 21.2. The first-order chi connectivity index (χ1) is 14.3. The highest BCUT2D eigenvalue weighted by molar-refractivity contribution is 6.08. The van der Waals surface area contributed by atoms with Crippen molar-refractivity contribution in [3.63, 3.8) is 0 Å². The minimum absolute atomic E-state index is 0.0327. The molecule has 5 aliphatic rings. The number of ketones is 2. The van der Waals surface area contributed by atoms with E-state index in [1.807, 2.05) is 13.0 Å². The number of hydrogen-bond donors (Lipinski definition) is 1. The molecular formula is C28H38O3. The summed E-state index contributed by atoms with van der Waals surface area (Å²) in [6, 6.07) is 0. The van der Waals surface area contributed by atoms with Gasteiger partial charge in [0.15, 0.2) is 5.76 Å². The van der Waals surface area contributed by atoms with Gasteiger partial charge in [-0.1, -0.05) is 51.8 Å². The molecule has 0 aromatic carbocycles. The lowest BCUT2D eigenvalue weighted by molar-refractivity contribution is -0.141. The number of allylic oxidation sites excluding steroid dienone is 5. The first-order valence-corrected chi connectivity index (χ1v) is 12.2. The fourth-order valence-corrected chi connectivity index (χ4v) is 8.77. The molecule has 0 saturated heterocycles. The van der Waals surface area contributed by atoms with Gasteiger partial charge in [0, 0.05) is 28.7 Å². The minimum atomic E-state index is -0.328. The Morgan fingerprint density at radius 2 is 1.74 bits per heavy atom. The Hall–Kier alpha value is -1.64. The number of hydrogen-bond acceptors (Lipinski definition) is 3. The maximum atomic E-state index is 13.5. The highest BCUT2D eigenvalue weighted by Crippen LogP contribution is 2.71. The van der Waals surface area contributed by atoms with Crippen molar-refractivity contribution in [2.75, 3.05) is 0 Å². The number of aliphatic hydroxyl groups is 1. The van der Waals surface area contributed by atoms with Gasteiger partial charge >= 0.3 is 0 Å². The fraction of sp³-hybridized carbons (Fsp3) is 0.714. The third-order valence-electron chi connectivity index (χ3n) is 10.7. The molecule has 0 heterocycles. The average molecular weight is 423 g/mol. The van der Waals surface area contributed by atoms with Gasteiger partial charge in [0.05, 0.1) is 0 Å². The average Bonchev–Trinajstić information content (AvgIpc) is 2.66. The van der Waals surface area contributed by atoms with E-state index >= 15 is 0 Å². The van der Waals surface area contributed by atoms with Crippen molar-refractivity contribution in [2.24, 2.45) is 39.4 Å². The van der Waals surface area contributed by atoms with Crippen LogP contribution in [0.2, 0.25) is 0 Å². The SMILES string of the molecule is CC1=C2CC[C@]3(C)[C@H](CC=C4[C@@H]5CC(C)(C)CC[C@@H]5C(=O)C[C@]43C)[C@]2(C)C=C(O)C1=O. The van der Waals surface area contributed by atoms with Crippen LogP contribution in [0.3, 0.4) is 0 Å². The second-order valence-corrected chi connectivity index (χ2v) is 12.7. The summed E-state index contributed by atoms with van der Waals surface area (Å²) in [4.78, 5) is 26.0. The van der Waals surface area contributed by atoms with Crippen LogP contribution in [-0.2, 0) is 9.59 Å². The zero-order valence-corrected chi connectivity index (χ0v) is 20.1. The van der Waals surface area contributed by atoms with E-state index in [1.54, 1.807) is 5.57 Å². The van der Waals surface area contributed by atoms with E-state index in [2.05, 4.69) is 40.7 Å². The molecule has 6 atom stereocenters. The molecule has 3 saturated carbocycles. The lowest BCUT2D eigenvalue weighted by atomic mass is 9.37. The third kappa shape index (κ3) is 2.58. The molecule has 0 aromatic heterocycles. The molecule has 168 valence electrons. The smallest absolute Gasteiger partial charge is 0.222 e. The molecule has 0 aromatic rings. The molecule has 0 unspecified atom stereocenters. The van der Waals surface area contributed by atoms with Crippen LogP contribution in [0.15, 0.2) is 34.6 Å². The van der Waals surface area contributed by atoms with Crippen LogP contribution in [0.1, 0.15) is 86.5 Å². The molecule has 5 aliphatic carbocycles. The summed E-state index contributed by atoms with van der Waals surface area (Å²) in [5, 5.41) is 10.5. The van der Waals surface area contributed by atoms with Crippen LogP contribution in [0, 0.1) is 39.4 Å². The standard InChI is InChI=1S/C28H38O3/c1-16-19-10-12-27(5)23(26(19,4)14-22(30)24(16)31)8-7-20-18-13-25(2,3)11-9-17(18)21(29)15-28(20,27)6/h7,14,17-18,23,30H,8-13,15H2,1-6H3/t17-,18+,23+,26+,27+,28+/m0/s1. The minimum Gasteiger partial charge on any atom is -0.504 e. The summed E-state index contributed by atoms with van der Waals surface area (Å²) in [7, 11) is 0. The summed E-state index contributed by atoms with van der Waals surface area (Å²) in [5.74, 6) is 1.04. The van der Waals surface area contributed by atoms with Crippen molar-refractivity contribution in [3.8, 4) is 0 Å². The second kappa shape index (κ2) is 6.23. The van der Waals surface area contributed by atoms with E-state index in [4.69, 9.17) is 0 Å². The molecule has 5 rings (SSSR count). The molecule has 0 aliphatic heterocycles. The molecule has 3 heteroatoms. The van der Waals surface area contributed by atoms with Gasteiger partial charge in [-0.3, -0.25) is 9.59 Å². The second-order valence-electron chi connectivity index (χ2n) is 12.7. The zero-order chi connectivity index (χ0) is 22.6. The lowest BCUT2D eigenvalue weighted by Crippen LogP contribution is -2.60. The number of fused-ring (bicyclic) bond motifs is 7. The Bertz CT molecular complexity index is 978. The topological polar surface area (TPSA) is 54.4 Å². The molecule has 0 amide bonds. The first-order valence-electron chi connectivity index (χ1n) is 12.2. The summed E-state index contributed by atoms with van der Waals surface area (Å²) in [5.41, 5.74) is 3.28. The van der Waals surface area contributed by atoms with Gasteiger partial charge in [-0.25, -0.2) is 0 Å². The van der Waals surface area contributed by atoms with Crippen molar-refractivity contribution >= 4 is 11.6 Å². The lowest BCUT2D eigenvalue weighted by Gasteiger charge is -2.66. The van der Waals surface area contributed by atoms with E-state index in [0.717, 1.165) is 44.1 Å². The van der Waals surface area contributed by atoms with Crippen molar-refractivity contribution in [3.05, 3.63) is 34.6 Å². The summed E-state index contributed by atoms with van der Waals surface area (Å²) in [6.07, 6.45) is 11.1. The highest BCUT2D eigenvalue weighted by atomic mass is 16.3. The Morgan fingerprint density at radius 3 is 2.45 bits per heavy atom. The molecule has 0 radical (unpaired) electrons. The molecule has 0 spiro atoms. The van der Waals surface area contributed by atoms with Gasteiger partial charge < -0.3 is 5.11 Å². The van der Waals surface area contributed by atoms with E-state index < -0.39 is 0 Å². The van der Waals surface area contributed by atoms with E-state index in [1.165, 1.54) is 5.57 Å². The van der Waals surface area contributed by atoms with Crippen molar-refractivity contribution < 1.29 is 14.7 Å². The highest BCUT2D eigenvalue weighted by Gasteiger charge is 2.65. The predicted octanol–water partition coefficient (Wildman–Crippen LogP) is 6.50. The number of carbonyl (C=O) groups excluding carboxylic acids is 2. The number of Topliss-reactive ketones (excluding diaryl/α,β-unsaturated/α-hetero) is 2. The molecule has 31 heavy (non-hydrogen) atoms. The number of aliphatic hydroxyl groups excluding tert-OH is 1. The van der Waals surface area contributed by atoms with Gasteiger partial charge in [0.25, 0.3) is 0 Å². The maximum Gasteiger partial charge on any atom is 0.222 e. The van der Waals surface area contributed by atoms with Crippen LogP contribution in [-0.4, -0.2) is 16.7 Å². The van der Waals surface area contributed by atoms with Gasteiger partial charge in [-0.15, -0.1) is 0 Å². The Balaban J connectivity index is 1.64. The Labute approximate surface area is 187 Å². The summed E-state index contributed by atoms with van der Waals surface area (Å²) < 4.78 is 0. The third-order valence-corrected chi connectivity index (χ3v) is 10.7.